The molecule has 1 aromatic rings. The first-order chi connectivity index (χ1) is 13.5. The van der Waals surface area contributed by atoms with Crippen LogP contribution in [-0.2, 0) is 9.53 Å². The lowest BCUT2D eigenvalue weighted by Crippen LogP contribution is -2.40. The van der Waals surface area contributed by atoms with Crippen molar-refractivity contribution < 1.29 is 19.0 Å². The number of carbonyl (C=O) groups excluding carboxylic acids is 1. The number of nitrogens with one attached hydrogen (secondary N) is 1. The molecule has 0 aromatic carbocycles. The monoisotopic (exact) mass is 410 g/mol. The number of halogens is 1. The number of nitrogens with zero attached hydrogens (tertiary/aromatic N) is 1. The van der Waals surface area contributed by atoms with Crippen molar-refractivity contribution in [2.24, 2.45) is 5.92 Å². The number of ether oxygens (including phenoxy) is 3. The largest absolute Gasteiger partial charge is 0.489 e. The average molecular weight is 411 g/mol. The molecule has 2 aliphatic carbocycles. The van der Waals surface area contributed by atoms with Crippen molar-refractivity contribution in [3.63, 3.8) is 0 Å². The van der Waals surface area contributed by atoms with Gasteiger partial charge in [0.2, 0.25) is 11.8 Å². The summed E-state index contributed by atoms with van der Waals surface area (Å²) >= 11 is 6.46. The smallest absolute Gasteiger partial charge is 0.236 e. The van der Waals surface area contributed by atoms with Crippen LogP contribution in [0.15, 0.2) is 12.3 Å². The zero-order valence-electron chi connectivity index (χ0n) is 16.8. The fraction of sp³-hybridized carbons (Fsp3) is 0.714. The van der Waals surface area contributed by atoms with E-state index in [2.05, 4.69) is 10.3 Å². The Kier molecular flexibility index (Phi) is 7.80. The summed E-state index contributed by atoms with van der Waals surface area (Å²) in [5, 5.41) is 3.28. The number of carbonyl (C=O) groups is 1. The number of aromatic nitrogens is 1. The van der Waals surface area contributed by atoms with E-state index in [-0.39, 0.29) is 24.2 Å². The normalized spacial score (nSPS) is 23.5. The number of amides is 1. The zero-order valence-corrected chi connectivity index (χ0v) is 17.5. The first-order valence-corrected chi connectivity index (χ1v) is 10.7. The summed E-state index contributed by atoms with van der Waals surface area (Å²) in [4.78, 5) is 15.3. The van der Waals surface area contributed by atoms with Crippen LogP contribution in [0.1, 0.15) is 58.8 Å². The van der Waals surface area contributed by atoms with E-state index in [9.17, 15) is 4.79 Å². The Morgan fingerprint density at radius 3 is 2.75 bits per heavy atom. The van der Waals surface area contributed by atoms with E-state index in [4.69, 9.17) is 25.8 Å². The van der Waals surface area contributed by atoms with Crippen LogP contribution in [0.2, 0.25) is 5.02 Å². The van der Waals surface area contributed by atoms with Crippen molar-refractivity contribution in [1.29, 1.82) is 0 Å². The molecule has 1 amide bonds. The molecule has 0 unspecified atom stereocenters. The fourth-order valence-corrected chi connectivity index (χ4v) is 3.99. The van der Waals surface area contributed by atoms with E-state index < -0.39 is 0 Å². The lowest BCUT2D eigenvalue weighted by Gasteiger charge is -2.35. The standard InChI is InChI=1S/C21H31ClN2O4/c1-14(24-15(2)25)12-26-18-10-16(11-18)13-27-21-20(22)19(8-9-23-21)28-17-6-4-3-5-7-17/h8-9,14,16-18H,3-7,10-13H2,1-2H3,(H,24,25)/t14-,16?,18?/m0/s1. The molecular formula is C21H31ClN2O4. The zero-order chi connectivity index (χ0) is 19.9. The topological polar surface area (TPSA) is 69.7 Å². The number of rotatable bonds is 9. The molecule has 0 bridgehead atoms. The first-order valence-electron chi connectivity index (χ1n) is 10.3. The Morgan fingerprint density at radius 2 is 2.04 bits per heavy atom. The molecular weight excluding hydrogens is 380 g/mol. The summed E-state index contributed by atoms with van der Waals surface area (Å²) in [6.45, 7) is 4.56. The van der Waals surface area contributed by atoms with Gasteiger partial charge in [0.05, 0.1) is 25.4 Å². The second-order valence-corrected chi connectivity index (χ2v) is 8.39. The molecule has 6 nitrogen and oxygen atoms in total. The third-order valence-corrected chi connectivity index (χ3v) is 5.70. The average Bonchev–Trinajstić information content (AvgIpc) is 2.63. The maximum absolute atomic E-state index is 11.0. The summed E-state index contributed by atoms with van der Waals surface area (Å²) in [6, 6.07) is 1.84. The molecule has 2 aliphatic rings. The summed E-state index contributed by atoms with van der Waals surface area (Å²) in [5.41, 5.74) is 0. The first kappa shape index (κ1) is 21.2. The molecule has 0 saturated heterocycles. The molecule has 2 fully saturated rings. The van der Waals surface area contributed by atoms with Crippen molar-refractivity contribution in [2.45, 2.75) is 77.0 Å². The Morgan fingerprint density at radius 1 is 1.29 bits per heavy atom. The highest BCUT2D eigenvalue weighted by Gasteiger charge is 2.31. The lowest BCUT2D eigenvalue weighted by molar-refractivity contribution is -0.120. The number of hydrogen-bond acceptors (Lipinski definition) is 5. The maximum atomic E-state index is 11.0. The maximum Gasteiger partial charge on any atom is 0.236 e. The van der Waals surface area contributed by atoms with Gasteiger partial charge in [-0.3, -0.25) is 4.79 Å². The van der Waals surface area contributed by atoms with Crippen LogP contribution in [0.5, 0.6) is 11.6 Å². The van der Waals surface area contributed by atoms with E-state index in [1.165, 1.54) is 26.2 Å². The SMILES string of the molecule is CC(=O)N[C@@H](C)COC1CC(COc2nccc(OC3CCCCC3)c2Cl)C1. The van der Waals surface area contributed by atoms with Crippen LogP contribution in [0.3, 0.4) is 0 Å². The van der Waals surface area contributed by atoms with Gasteiger partial charge in [0.15, 0.2) is 0 Å². The number of hydrogen-bond donors (Lipinski definition) is 1. The van der Waals surface area contributed by atoms with Crippen LogP contribution in [0.4, 0.5) is 0 Å². The second-order valence-electron chi connectivity index (χ2n) is 8.01. The van der Waals surface area contributed by atoms with E-state index in [0.29, 0.717) is 35.8 Å². The molecule has 156 valence electrons. The van der Waals surface area contributed by atoms with Crippen LogP contribution < -0.4 is 14.8 Å². The summed E-state index contributed by atoms with van der Waals surface area (Å²) < 4.78 is 17.8. The van der Waals surface area contributed by atoms with Gasteiger partial charge in [-0.25, -0.2) is 4.98 Å². The quantitative estimate of drug-likeness (QED) is 0.662. The van der Waals surface area contributed by atoms with Gasteiger partial charge < -0.3 is 19.5 Å². The molecule has 7 heteroatoms. The van der Waals surface area contributed by atoms with Gasteiger partial charge in [-0.05, 0) is 51.4 Å². The Labute approximate surface area is 172 Å². The Balaban J connectivity index is 1.38. The highest BCUT2D eigenvalue weighted by molar-refractivity contribution is 6.33. The molecule has 1 aromatic heterocycles. The minimum Gasteiger partial charge on any atom is -0.489 e. The lowest BCUT2D eigenvalue weighted by atomic mass is 9.83. The Bertz CT molecular complexity index is 645. The molecule has 3 rings (SSSR count). The third kappa shape index (κ3) is 6.24. The second kappa shape index (κ2) is 10.3. The van der Waals surface area contributed by atoms with E-state index >= 15 is 0 Å². The molecule has 28 heavy (non-hydrogen) atoms. The molecule has 0 spiro atoms. The molecule has 0 radical (unpaired) electrons. The summed E-state index contributed by atoms with van der Waals surface area (Å²) in [5.74, 6) is 1.51. The van der Waals surface area contributed by atoms with Crippen LogP contribution >= 0.6 is 11.6 Å². The van der Waals surface area contributed by atoms with Crippen molar-refractivity contribution >= 4 is 17.5 Å². The summed E-state index contributed by atoms with van der Waals surface area (Å²) in [6.07, 6.45) is 9.94. The van der Waals surface area contributed by atoms with Crippen molar-refractivity contribution in [2.75, 3.05) is 13.2 Å². The van der Waals surface area contributed by atoms with Gasteiger partial charge in [-0.2, -0.15) is 0 Å². The van der Waals surface area contributed by atoms with Crippen molar-refractivity contribution in [1.82, 2.24) is 10.3 Å². The minimum atomic E-state index is -0.0324. The van der Waals surface area contributed by atoms with Gasteiger partial charge in [0.1, 0.15) is 10.8 Å². The van der Waals surface area contributed by atoms with Gasteiger partial charge in [0, 0.05) is 25.2 Å². The van der Waals surface area contributed by atoms with E-state index in [1.54, 1.807) is 6.20 Å². The molecule has 2 saturated carbocycles. The van der Waals surface area contributed by atoms with Crippen molar-refractivity contribution in [3.05, 3.63) is 17.3 Å². The van der Waals surface area contributed by atoms with Crippen LogP contribution in [-0.4, -0.2) is 42.4 Å². The summed E-state index contributed by atoms with van der Waals surface area (Å²) in [7, 11) is 0. The predicted octanol–water partition coefficient (Wildman–Crippen LogP) is 4.15. The van der Waals surface area contributed by atoms with Gasteiger partial charge >= 0.3 is 0 Å². The van der Waals surface area contributed by atoms with Crippen molar-refractivity contribution in [3.8, 4) is 11.6 Å². The van der Waals surface area contributed by atoms with Crippen LogP contribution in [0, 0.1) is 5.92 Å². The minimum absolute atomic E-state index is 0.0303. The van der Waals surface area contributed by atoms with Gasteiger partial charge in [-0.1, -0.05) is 18.0 Å². The molecule has 1 atom stereocenters. The molecule has 1 N–H and O–H groups in total. The predicted molar refractivity (Wildman–Crippen MR) is 108 cm³/mol. The van der Waals surface area contributed by atoms with Gasteiger partial charge in [0.25, 0.3) is 0 Å². The third-order valence-electron chi connectivity index (χ3n) is 5.35. The Hall–Kier alpha value is -1.53. The number of pyridine rings is 1. The molecule has 1 heterocycles. The highest BCUT2D eigenvalue weighted by atomic mass is 35.5. The molecule has 0 aliphatic heterocycles. The van der Waals surface area contributed by atoms with Gasteiger partial charge in [-0.15, -0.1) is 0 Å². The fourth-order valence-electron chi connectivity index (χ4n) is 3.77. The van der Waals surface area contributed by atoms with E-state index in [1.807, 2.05) is 13.0 Å². The van der Waals surface area contributed by atoms with Crippen LogP contribution in [0.25, 0.3) is 0 Å². The highest BCUT2D eigenvalue weighted by Crippen LogP contribution is 2.36. The van der Waals surface area contributed by atoms with E-state index in [0.717, 1.165) is 25.7 Å².